The number of allylic oxidation sites excluding steroid dienone is 2. The van der Waals surface area contributed by atoms with E-state index in [-0.39, 0.29) is 24.0 Å². The van der Waals surface area contributed by atoms with Gasteiger partial charge in [-0.15, -0.1) is 11.0 Å². The van der Waals surface area contributed by atoms with Crippen LogP contribution < -0.4 is 16.1 Å². The van der Waals surface area contributed by atoms with E-state index in [1.807, 2.05) is 44.1 Å². The minimum Gasteiger partial charge on any atom is -0.634 e. The molecule has 38 heavy (non-hydrogen) atoms. The number of amides is 2. The van der Waals surface area contributed by atoms with Crippen LogP contribution in [0.2, 0.25) is 6.82 Å². The molecular weight excluding hydrogens is 540 g/mol. The molecule has 3 unspecified atom stereocenters. The van der Waals surface area contributed by atoms with Crippen molar-refractivity contribution in [3.63, 3.8) is 0 Å². The molecule has 1 aliphatic heterocycles. The Bertz CT molecular complexity index is 1220. The van der Waals surface area contributed by atoms with Crippen molar-refractivity contribution in [1.82, 2.24) is 10.2 Å². The molecule has 3 atom stereocenters. The summed E-state index contributed by atoms with van der Waals surface area (Å²) in [5.74, 6) is 0.808. The van der Waals surface area contributed by atoms with Crippen LogP contribution in [0.15, 0.2) is 64.4 Å². The number of methoxy groups -OCH3 is 1. The number of urea groups is 1. The van der Waals surface area contributed by atoms with Gasteiger partial charge in [0, 0.05) is 35.8 Å². The normalized spacial score (nSPS) is 19.2. The Balaban J connectivity index is 1.30. The second-order valence-electron chi connectivity index (χ2n) is 10.0. The molecule has 2 N–H and O–H groups in total. The molecule has 10 heteroatoms. The molecular formula is C28H34BCl2N3O3S. The fourth-order valence-corrected chi connectivity index (χ4v) is 6.78. The fraction of sp³-hybridized carbons (Fsp3) is 0.393. The number of carbonyl (C=O) groups excluding carboxylic acids is 1. The van der Waals surface area contributed by atoms with Gasteiger partial charge < -0.3 is 24.8 Å². The molecule has 0 bridgehead atoms. The van der Waals surface area contributed by atoms with E-state index in [9.17, 15) is 9.35 Å². The van der Waals surface area contributed by atoms with Crippen LogP contribution >= 0.6 is 23.2 Å². The molecule has 0 aromatic heterocycles. The standard InChI is InChI=1S/C28H34BCl2N3O3S/c1-18(24-11-12-25(37-4)27(31)26(24)30)32-28(35)33-23-9-7-22(8-10-23)29(2)38(36)17-19-5-6-21-16-34(3)14-13-20(21)15-19/h5-10,12,15,18,24H,11,13-14,16-17H2,1-4H3,(H2,32,33,35). The molecule has 4 rings (SSSR count). The molecule has 1 aliphatic carbocycles. The van der Waals surface area contributed by atoms with Gasteiger partial charge in [-0.25, -0.2) is 4.79 Å². The van der Waals surface area contributed by atoms with Gasteiger partial charge in [0.1, 0.15) is 11.5 Å². The number of nitrogens with zero attached hydrogens (tertiary/aromatic N) is 1. The Morgan fingerprint density at radius 2 is 1.97 bits per heavy atom. The summed E-state index contributed by atoms with van der Waals surface area (Å²) in [6.07, 6.45) is 3.53. The van der Waals surface area contributed by atoms with Gasteiger partial charge in [-0.2, -0.15) is 0 Å². The number of fused-ring (bicyclic) bond motifs is 1. The second-order valence-corrected chi connectivity index (χ2v) is 12.6. The van der Waals surface area contributed by atoms with Crippen LogP contribution in [-0.4, -0.2) is 48.2 Å². The first-order chi connectivity index (χ1) is 18.2. The van der Waals surface area contributed by atoms with Gasteiger partial charge in [0.25, 0.3) is 0 Å². The lowest BCUT2D eigenvalue weighted by atomic mass is 9.71. The third-order valence-electron chi connectivity index (χ3n) is 7.31. The maximum absolute atomic E-state index is 13.1. The summed E-state index contributed by atoms with van der Waals surface area (Å²) >= 11 is 11.7. The first-order valence-corrected chi connectivity index (χ1v) is 14.9. The molecule has 6 nitrogen and oxygen atoms in total. The van der Waals surface area contributed by atoms with E-state index in [1.54, 1.807) is 7.11 Å². The highest BCUT2D eigenvalue weighted by atomic mass is 35.5. The fourth-order valence-electron chi connectivity index (χ4n) is 4.89. The van der Waals surface area contributed by atoms with E-state index in [0.717, 1.165) is 30.5 Å². The first kappa shape index (κ1) is 28.9. The lowest BCUT2D eigenvalue weighted by molar-refractivity contribution is 0.245. The minimum absolute atomic E-state index is 0.130. The van der Waals surface area contributed by atoms with Crippen LogP contribution in [0.5, 0.6) is 0 Å². The maximum atomic E-state index is 13.1. The summed E-state index contributed by atoms with van der Waals surface area (Å²) in [5.41, 5.74) is 5.47. The molecule has 1 heterocycles. The zero-order valence-electron chi connectivity index (χ0n) is 22.2. The third-order valence-corrected chi connectivity index (χ3v) is 9.94. The summed E-state index contributed by atoms with van der Waals surface area (Å²) in [5, 5.41) is 6.66. The van der Waals surface area contributed by atoms with Crippen molar-refractivity contribution in [2.24, 2.45) is 5.92 Å². The van der Waals surface area contributed by atoms with Gasteiger partial charge in [-0.1, -0.05) is 53.5 Å². The van der Waals surface area contributed by atoms with Crippen LogP contribution in [0.1, 0.15) is 30.0 Å². The van der Waals surface area contributed by atoms with E-state index in [1.165, 1.54) is 11.1 Å². The Morgan fingerprint density at radius 3 is 2.68 bits per heavy atom. The molecule has 2 amide bonds. The zero-order chi connectivity index (χ0) is 27.4. The van der Waals surface area contributed by atoms with Gasteiger partial charge in [0.05, 0.1) is 12.1 Å². The van der Waals surface area contributed by atoms with Gasteiger partial charge >= 0.3 is 12.0 Å². The minimum atomic E-state index is -1.06. The average molecular weight is 574 g/mol. The Hall–Kier alpha value is -2.10. The smallest absolute Gasteiger partial charge is 0.441 e. The molecule has 202 valence electrons. The number of benzene rings is 2. The van der Waals surface area contributed by atoms with Gasteiger partial charge in [0.2, 0.25) is 0 Å². The first-order valence-electron chi connectivity index (χ1n) is 12.8. The summed E-state index contributed by atoms with van der Waals surface area (Å²) in [4.78, 5) is 14.9. The lowest BCUT2D eigenvalue weighted by Crippen LogP contribution is -2.41. The van der Waals surface area contributed by atoms with Crippen LogP contribution in [-0.2, 0) is 34.5 Å². The monoisotopic (exact) mass is 573 g/mol. The quantitative estimate of drug-likeness (QED) is 0.336. The molecule has 2 aromatic rings. The number of halogens is 2. The number of ether oxygens (including phenoxy) is 1. The number of hydrogen-bond acceptors (Lipinski definition) is 4. The van der Waals surface area contributed by atoms with E-state index < -0.39 is 11.0 Å². The van der Waals surface area contributed by atoms with Crippen LogP contribution in [0.25, 0.3) is 0 Å². The van der Waals surface area contributed by atoms with Gasteiger partial charge in [-0.05, 0) is 74.0 Å². The summed E-state index contributed by atoms with van der Waals surface area (Å²) in [6, 6.07) is 13.4. The van der Waals surface area contributed by atoms with Crippen molar-refractivity contribution in [3.8, 4) is 0 Å². The average Bonchev–Trinajstić information content (AvgIpc) is 2.90. The van der Waals surface area contributed by atoms with Gasteiger partial charge in [0.15, 0.2) is 0 Å². The van der Waals surface area contributed by atoms with Crippen molar-refractivity contribution < 1.29 is 14.1 Å². The van der Waals surface area contributed by atoms with Crippen LogP contribution in [0.4, 0.5) is 10.5 Å². The number of carbonyl (C=O) groups is 1. The van der Waals surface area contributed by atoms with Gasteiger partial charge in [-0.3, -0.25) is 0 Å². The van der Waals surface area contributed by atoms with E-state index in [2.05, 4.69) is 40.8 Å². The predicted octanol–water partition coefficient (Wildman–Crippen LogP) is 5.20. The van der Waals surface area contributed by atoms with Crippen LogP contribution in [0, 0.1) is 5.92 Å². The predicted molar refractivity (Wildman–Crippen MR) is 160 cm³/mol. The molecule has 0 saturated carbocycles. The molecule has 0 saturated heterocycles. The number of rotatable bonds is 8. The highest BCUT2D eigenvalue weighted by Gasteiger charge is 2.29. The molecule has 0 spiro atoms. The lowest BCUT2D eigenvalue weighted by Gasteiger charge is -2.27. The van der Waals surface area contributed by atoms with Crippen molar-refractivity contribution in [3.05, 3.63) is 81.1 Å². The van der Waals surface area contributed by atoms with Crippen molar-refractivity contribution in [2.45, 2.75) is 44.9 Å². The van der Waals surface area contributed by atoms with E-state index >= 15 is 0 Å². The second kappa shape index (κ2) is 12.8. The summed E-state index contributed by atoms with van der Waals surface area (Å²) < 4.78 is 18.4. The van der Waals surface area contributed by atoms with Crippen molar-refractivity contribution >= 4 is 57.4 Å². The number of anilines is 1. The highest BCUT2D eigenvalue weighted by molar-refractivity contribution is 8.19. The highest BCUT2D eigenvalue weighted by Crippen LogP contribution is 2.37. The van der Waals surface area contributed by atoms with E-state index in [0.29, 0.717) is 33.7 Å². The summed E-state index contributed by atoms with van der Waals surface area (Å²) in [6.45, 7) is 5.90. The van der Waals surface area contributed by atoms with E-state index in [4.69, 9.17) is 27.9 Å². The largest absolute Gasteiger partial charge is 0.634 e. The number of hydrogen-bond donors (Lipinski definition) is 2. The maximum Gasteiger partial charge on any atom is 0.441 e. The van der Waals surface area contributed by atoms with Crippen LogP contribution in [0.3, 0.4) is 0 Å². The Labute approximate surface area is 238 Å². The summed E-state index contributed by atoms with van der Waals surface area (Å²) in [7, 11) is 3.68. The molecule has 2 aliphatic rings. The Morgan fingerprint density at radius 1 is 1.24 bits per heavy atom. The Kier molecular flexibility index (Phi) is 9.76. The van der Waals surface area contributed by atoms with Crippen molar-refractivity contribution in [2.75, 3.05) is 26.0 Å². The number of likely N-dealkylation sites (N-methyl/N-ethyl adjacent to an activating group) is 1. The SMILES string of the molecule is COC1=CCC(C(C)NC(=O)Nc2ccc(B(C)[S+]([O-])Cc3ccc4c(c3)CCN(C)C4)cc2)C(Cl)=C1Cl. The third kappa shape index (κ3) is 6.91. The number of nitrogens with one attached hydrogen (secondary N) is 2. The molecule has 2 aromatic carbocycles. The molecule has 0 radical (unpaired) electrons. The molecule has 0 fully saturated rings. The zero-order valence-corrected chi connectivity index (χ0v) is 24.6. The van der Waals surface area contributed by atoms with Crippen molar-refractivity contribution in [1.29, 1.82) is 0 Å². The topological polar surface area (TPSA) is 76.7 Å².